The number of benzene rings is 2. The number of carbonyl (C=O) groups is 2. The van der Waals surface area contributed by atoms with Crippen LogP contribution in [0.25, 0.3) is 0 Å². The minimum Gasteiger partial charge on any atom is -0.445 e. The van der Waals surface area contributed by atoms with E-state index in [9.17, 15) is 9.59 Å². The largest absolute Gasteiger partial charge is 0.445 e. The molecule has 0 bridgehead atoms. The molecule has 4 nitrogen and oxygen atoms in total. The van der Waals surface area contributed by atoms with Crippen LogP contribution in [0, 0.1) is 0 Å². The molecule has 0 spiro atoms. The highest BCUT2D eigenvalue weighted by Gasteiger charge is 2.35. The third kappa shape index (κ3) is 3.59. The molecule has 0 radical (unpaired) electrons. The number of nitrogens with zero attached hydrogens (tertiary/aromatic N) is 1. The van der Waals surface area contributed by atoms with Crippen molar-refractivity contribution in [1.82, 2.24) is 4.90 Å². The van der Waals surface area contributed by atoms with E-state index in [0.717, 1.165) is 12.0 Å². The minimum atomic E-state index is -0.416. The van der Waals surface area contributed by atoms with Crippen molar-refractivity contribution in [2.75, 3.05) is 6.54 Å². The molecule has 1 saturated heterocycles. The molecule has 4 heteroatoms. The first-order valence-electron chi connectivity index (χ1n) is 7.82. The molecule has 1 heterocycles. The average Bonchev–Trinajstić information content (AvgIpc) is 3.10. The number of carbonyl (C=O) groups excluding carboxylic acids is 2. The Morgan fingerprint density at radius 1 is 1.00 bits per heavy atom. The summed E-state index contributed by atoms with van der Waals surface area (Å²) < 4.78 is 5.36. The molecular formula is C19H19NO3. The van der Waals surface area contributed by atoms with Gasteiger partial charge in [-0.1, -0.05) is 60.7 Å². The zero-order chi connectivity index (χ0) is 16.1. The number of ketones is 1. The number of hydrogen-bond donors (Lipinski definition) is 0. The Morgan fingerprint density at radius 3 is 2.35 bits per heavy atom. The Bertz CT molecular complexity index is 670. The summed E-state index contributed by atoms with van der Waals surface area (Å²) in [6, 6.07) is 18.2. The van der Waals surface area contributed by atoms with Crippen LogP contribution < -0.4 is 0 Å². The first kappa shape index (κ1) is 15.3. The molecule has 1 fully saturated rings. The van der Waals surface area contributed by atoms with Gasteiger partial charge in [-0.15, -0.1) is 0 Å². The van der Waals surface area contributed by atoms with Crippen LogP contribution in [0.2, 0.25) is 0 Å². The fourth-order valence-electron chi connectivity index (χ4n) is 2.85. The molecule has 0 aliphatic carbocycles. The summed E-state index contributed by atoms with van der Waals surface area (Å²) in [4.78, 5) is 26.5. The minimum absolute atomic E-state index is 0.0141. The molecule has 0 N–H and O–H groups in total. The molecule has 3 rings (SSSR count). The van der Waals surface area contributed by atoms with Gasteiger partial charge in [0.05, 0.1) is 6.04 Å². The molecule has 23 heavy (non-hydrogen) atoms. The Morgan fingerprint density at radius 2 is 1.65 bits per heavy atom. The van der Waals surface area contributed by atoms with Crippen LogP contribution in [0.15, 0.2) is 60.7 Å². The van der Waals surface area contributed by atoms with Crippen molar-refractivity contribution >= 4 is 11.9 Å². The second-order valence-corrected chi connectivity index (χ2v) is 5.62. The Hall–Kier alpha value is -2.62. The van der Waals surface area contributed by atoms with E-state index in [1.165, 1.54) is 0 Å². The quantitative estimate of drug-likeness (QED) is 0.810. The van der Waals surface area contributed by atoms with Gasteiger partial charge in [-0.05, 0) is 18.4 Å². The number of hydrogen-bond acceptors (Lipinski definition) is 3. The molecule has 0 saturated carbocycles. The third-order valence-corrected chi connectivity index (χ3v) is 4.05. The lowest BCUT2D eigenvalue weighted by Crippen LogP contribution is -2.40. The van der Waals surface area contributed by atoms with Crippen molar-refractivity contribution in [3.63, 3.8) is 0 Å². The fourth-order valence-corrected chi connectivity index (χ4v) is 2.85. The second kappa shape index (κ2) is 7.09. The summed E-state index contributed by atoms with van der Waals surface area (Å²) >= 11 is 0. The highest BCUT2D eigenvalue weighted by Crippen LogP contribution is 2.22. The first-order chi connectivity index (χ1) is 11.3. The molecule has 0 aromatic heterocycles. The molecule has 1 unspecified atom stereocenters. The van der Waals surface area contributed by atoms with Crippen molar-refractivity contribution in [1.29, 1.82) is 0 Å². The van der Waals surface area contributed by atoms with E-state index in [-0.39, 0.29) is 12.4 Å². The number of ether oxygens (including phenoxy) is 1. The summed E-state index contributed by atoms with van der Waals surface area (Å²) in [5.74, 6) is -0.0141. The number of rotatable bonds is 4. The van der Waals surface area contributed by atoms with Crippen LogP contribution >= 0.6 is 0 Å². The number of likely N-dealkylation sites (tertiary alicyclic amines) is 1. The van der Waals surface area contributed by atoms with Gasteiger partial charge in [0.15, 0.2) is 5.78 Å². The Balaban J connectivity index is 1.64. The van der Waals surface area contributed by atoms with E-state index in [1.54, 1.807) is 17.0 Å². The summed E-state index contributed by atoms with van der Waals surface area (Å²) in [5, 5.41) is 0. The zero-order valence-corrected chi connectivity index (χ0v) is 12.9. The molecule has 1 aliphatic rings. The van der Waals surface area contributed by atoms with Crippen molar-refractivity contribution in [2.45, 2.75) is 25.5 Å². The van der Waals surface area contributed by atoms with Crippen LogP contribution in [0.3, 0.4) is 0 Å². The molecule has 1 amide bonds. The molecular weight excluding hydrogens is 290 g/mol. The molecule has 118 valence electrons. The predicted octanol–water partition coefficient (Wildman–Crippen LogP) is 3.67. The van der Waals surface area contributed by atoms with Gasteiger partial charge in [-0.2, -0.15) is 0 Å². The van der Waals surface area contributed by atoms with Crippen LogP contribution in [-0.4, -0.2) is 29.4 Å². The molecule has 1 aliphatic heterocycles. The second-order valence-electron chi connectivity index (χ2n) is 5.62. The Labute approximate surface area is 135 Å². The lowest BCUT2D eigenvalue weighted by molar-refractivity contribution is 0.0738. The van der Waals surface area contributed by atoms with Crippen LogP contribution in [-0.2, 0) is 11.3 Å². The van der Waals surface area contributed by atoms with Crippen molar-refractivity contribution in [2.24, 2.45) is 0 Å². The zero-order valence-electron chi connectivity index (χ0n) is 12.9. The number of Topliss-reactive ketones (excluding diaryl/α,β-unsaturated/α-hetero) is 1. The maximum atomic E-state index is 12.6. The maximum Gasteiger partial charge on any atom is 0.410 e. The van der Waals surface area contributed by atoms with E-state index in [1.807, 2.05) is 48.5 Å². The Kier molecular flexibility index (Phi) is 4.71. The van der Waals surface area contributed by atoms with E-state index in [2.05, 4.69) is 0 Å². The van der Waals surface area contributed by atoms with E-state index < -0.39 is 12.1 Å². The van der Waals surface area contributed by atoms with Crippen molar-refractivity contribution in [3.05, 3.63) is 71.8 Å². The van der Waals surface area contributed by atoms with E-state index in [0.29, 0.717) is 18.5 Å². The number of amides is 1. The lowest BCUT2D eigenvalue weighted by atomic mass is 10.0. The SMILES string of the molecule is O=C(c1ccccc1)C1CCCN1C(=O)OCc1ccccc1. The van der Waals surface area contributed by atoms with Gasteiger partial charge in [0.2, 0.25) is 0 Å². The third-order valence-electron chi connectivity index (χ3n) is 4.05. The molecule has 1 atom stereocenters. The summed E-state index contributed by atoms with van der Waals surface area (Å²) in [5.41, 5.74) is 1.58. The van der Waals surface area contributed by atoms with Gasteiger partial charge >= 0.3 is 6.09 Å². The average molecular weight is 309 g/mol. The normalized spacial score (nSPS) is 17.0. The standard InChI is InChI=1S/C19H19NO3/c21-18(16-10-5-2-6-11-16)17-12-7-13-20(17)19(22)23-14-15-8-3-1-4-9-15/h1-6,8-11,17H,7,12-14H2. The van der Waals surface area contributed by atoms with Gasteiger partial charge in [0.1, 0.15) is 6.61 Å². The van der Waals surface area contributed by atoms with Gasteiger partial charge < -0.3 is 4.74 Å². The van der Waals surface area contributed by atoms with Gasteiger partial charge in [0.25, 0.3) is 0 Å². The highest BCUT2D eigenvalue weighted by atomic mass is 16.6. The molecule has 2 aromatic carbocycles. The van der Waals surface area contributed by atoms with Crippen LogP contribution in [0.4, 0.5) is 4.79 Å². The summed E-state index contributed by atoms with van der Waals surface area (Å²) in [6.45, 7) is 0.791. The smallest absolute Gasteiger partial charge is 0.410 e. The van der Waals surface area contributed by atoms with E-state index in [4.69, 9.17) is 4.74 Å². The monoisotopic (exact) mass is 309 g/mol. The van der Waals surface area contributed by atoms with Crippen LogP contribution in [0.1, 0.15) is 28.8 Å². The van der Waals surface area contributed by atoms with Gasteiger partial charge in [0, 0.05) is 12.1 Å². The van der Waals surface area contributed by atoms with Crippen molar-refractivity contribution < 1.29 is 14.3 Å². The van der Waals surface area contributed by atoms with E-state index >= 15 is 0 Å². The summed E-state index contributed by atoms with van der Waals surface area (Å²) in [6.07, 6.45) is 1.10. The van der Waals surface area contributed by atoms with Gasteiger partial charge in [-0.3, -0.25) is 9.69 Å². The van der Waals surface area contributed by atoms with Crippen molar-refractivity contribution in [3.8, 4) is 0 Å². The fraction of sp³-hybridized carbons (Fsp3) is 0.263. The topological polar surface area (TPSA) is 46.6 Å². The predicted molar refractivity (Wildman–Crippen MR) is 87.1 cm³/mol. The molecule has 2 aromatic rings. The maximum absolute atomic E-state index is 12.6. The van der Waals surface area contributed by atoms with Crippen LogP contribution in [0.5, 0.6) is 0 Å². The summed E-state index contributed by atoms with van der Waals surface area (Å²) in [7, 11) is 0. The first-order valence-corrected chi connectivity index (χ1v) is 7.82. The highest BCUT2D eigenvalue weighted by molar-refractivity contribution is 6.01. The lowest BCUT2D eigenvalue weighted by Gasteiger charge is -2.23. The van der Waals surface area contributed by atoms with Gasteiger partial charge in [-0.25, -0.2) is 4.79 Å².